The second-order valence-corrected chi connectivity index (χ2v) is 5.31. The van der Waals surface area contributed by atoms with Crippen molar-refractivity contribution in [3.05, 3.63) is 29.8 Å². The summed E-state index contributed by atoms with van der Waals surface area (Å²) in [6.07, 6.45) is 4.66. The summed E-state index contributed by atoms with van der Waals surface area (Å²) in [5.41, 5.74) is 1.25. The summed E-state index contributed by atoms with van der Waals surface area (Å²) in [5.74, 6) is 1.04. The van der Waals surface area contributed by atoms with Crippen LogP contribution in [0.15, 0.2) is 24.3 Å². The molecule has 4 nitrogen and oxygen atoms in total. The highest BCUT2D eigenvalue weighted by molar-refractivity contribution is 5.76. The Hall–Kier alpha value is -1.55. The van der Waals surface area contributed by atoms with E-state index in [1.165, 1.54) is 5.56 Å². The maximum absolute atomic E-state index is 11.8. The van der Waals surface area contributed by atoms with Gasteiger partial charge in [0.25, 0.3) is 0 Å². The van der Waals surface area contributed by atoms with Crippen LogP contribution in [0, 0.1) is 0 Å². The Morgan fingerprint density at radius 1 is 1.40 bits per heavy atom. The normalized spacial score (nSPS) is 18.6. The maximum Gasteiger partial charge on any atom is 0.220 e. The van der Waals surface area contributed by atoms with Gasteiger partial charge < -0.3 is 15.4 Å². The van der Waals surface area contributed by atoms with E-state index in [4.69, 9.17) is 4.74 Å². The largest absolute Gasteiger partial charge is 0.497 e. The Balaban J connectivity index is 1.65. The fourth-order valence-electron chi connectivity index (χ4n) is 2.52. The zero-order valence-corrected chi connectivity index (χ0v) is 12.2. The first-order chi connectivity index (χ1) is 9.78. The average Bonchev–Trinajstić information content (AvgIpc) is 2.49. The van der Waals surface area contributed by atoms with Gasteiger partial charge in [0, 0.05) is 19.0 Å². The molecule has 1 saturated heterocycles. The van der Waals surface area contributed by atoms with Crippen LogP contribution in [0.3, 0.4) is 0 Å². The minimum atomic E-state index is 0.173. The minimum absolute atomic E-state index is 0.173. The second-order valence-electron chi connectivity index (χ2n) is 5.31. The molecular formula is C16H24N2O2. The highest BCUT2D eigenvalue weighted by Crippen LogP contribution is 2.13. The summed E-state index contributed by atoms with van der Waals surface area (Å²) < 4.78 is 5.13. The third-order valence-corrected chi connectivity index (χ3v) is 3.69. The summed E-state index contributed by atoms with van der Waals surface area (Å²) in [7, 11) is 1.67. The van der Waals surface area contributed by atoms with Crippen molar-refractivity contribution < 1.29 is 9.53 Å². The van der Waals surface area contributed by atoms with Crippen LogP contribution < -0.4 is 15.4 Å². The molecule has 1 heterocycles. The van der Waals surface area contributed by atoms with E-state index < -0.39 is 0 Å². The second kappa shape index (κ2) is 7.90. The summed E-state index contributed by atoms with van der Waals surface area (Å²) in [6, 6.07) is 8.35. The van der Waals surface area contributed by atoms with Gasteiger partial charge in [0.2, 0.25) is 5.91 Å². The lowest BCUT2D eigenvalue weighted by atomic mass is 10.1. The molecule has 20 heavy (non-hydrogen) atoms. The van der Waals surface area contributed by atoms with Crippen LogP contribution in [0.4, 0.5) is 0 Å². The number of aryl methyl sites for hydroxylation is 1. The van der Waals surface area contributed by atoms with Gasteiger partial charge in [-0.25, -0.2) is 0 Å². The van der Waals surface area contributed by atoms with E-state index in [0.717, 1.165) is 44.5 Å². The maximum atomic E-state index is 11.8. The van der Waals surface area contributed by atoms with E-state index in [9.17, 15) is 4.79 Å². The molecule has 1 fully saturated rings. The van der Waals surface area contributed by atoms with E-state index in [1.54, 1.807) is 7.11 Å². The number of hydrogen-bond donors (Lipinski definition) is 2. The summed E-state index contributed by atoms with van der Waals surface area (Å²) >= 11 is 0. The number of hydrogen-bond acceptors (Lipinski definition) is 3. The molecule has 2 N–H and O–H groups in total. The van der Waals surface area contributed by atoms with Crippen LogP contribution >= 0.6 is 0 Å². The van der Waals surface area contributed by atoms with Gasteiger partial charge in [0.15, 0.2) is 0 Å². The lowest BCUT2D eigenvalue weighted by Gasteiger charge is -2.23. The average molecular weight is 276 g/mol. The monoisotopic (exact) mass is 276 g/mol. The van der Waals surface area contributed by atoms with Crippen molar-refractivity contribution in [2.75, 3.05) is 20.2 Å². The van der Waals surface area contributed by atoms with E-state index in [2.05, 4.69) is 22.8 Å². The van der Waals surface area contributed by atoms with Crippen molar-refractivity contribution in [1.29, 1.82) is 0 Å². The molecule has 1 amide bonds. The number of carbonyl (C=O) groups excluding carboxylic acids is 1. The van der Waals surface area contributed by atoms with Gasteiger partial charge in [-0.3, -0.25) is 4.79 Å². The first-order valence-corrected chi connectivity index (χ1v) is 7.41. The Kier molecular flexibility index (Phi) is 5.87. The quantitative estimate of drug-likeness (QED) is 0.834. The fourth-order valence-corrected chi connectivity index (χ4v) is 2.52. The van der Waals surface area contributed by atoms with E-state index in [0.29, 0.717) is 12.5 Å². The third-order valence-electron chi connectivity index (χ3n) is 3.69. The molecule has 0 saturated carbocycles. The van der Waals surface area contributed by atoms with Gasteiger partial charge in [-0.05, 0) is 49.9 Å². The van der Waals surface area contributed by atoms with Crippen LogP contribution in [0.25, 0.3) is 0 Å². The van der Waals surface area contributed by atoms with Crippen molar-refractivity contribution in [2.24, 2.45) is 0 Å². The highest BCUT2D eigenvalue weighted by Gasteiger charge is 2.14. The van der Waals surface area contributed by atoms with Crippen LogP contribution in [-0.2, 0) is 11.2 Å². The van der Waals surface area contributed by atoms with Gasteiger partial charge in [-0.1, -0.05) is 12.1 Å². The molecule has 1 unspecified atom stereocenters. The van der Waals surface area contributed by atoms with Crippen LogP contribution in [0.5, 0.6) is 5.75 Å². The lowest BCUT2D eigenvalue weighted by Crippen LogP contribution is -2.45. The van der Waals surface area contributed by atoms with Crippen molar-refractivity contribution in [3.8, 4) is 5.75 Å². The topological polar surface area (TPSA) is 50.4 Å². The molecule has 0 aliphatic carbocycles. The molecule has 1 atom stereocenters. The van der Waals surface area contributed by atoms with Gasteiger partial charge >= 0.3 is 0 Å². The van der Waals surface area contributed by atoms with Crippen LogP contribution in [0.1, 0.15) is 31.2 Å². The Morgan fingerprint density at radius 2 is 2.20 bits per heavy atom. The Bertz CT molecular complexity index is 411. The molecule has 0 aromatic heterocycles. The van der Waals surface area contributed by atoms with E-state index >= 15 is 0 Å². The number of nitrogens with one attached hydrogen (secondary N) is 2. The summed E-state index contributed by atoms with van der Waals surface area (Å²) in [6.45, 7) is 1.98. The van der Waals surface area contributed by atoms with Crippen molar-refractivity contribution in [3.63, 3.8) is 0 Å². The van der Waals surface area contributed by atoms with Crippen molar-refractivity contribution in [2.45, 2.75) is 38.1 Å². The predicted octanol–water partition coefficient (Wildman–Crippen LogP) is 1.89. The number of ether oxygens (including phenoxy) is 1. The molecule has 1 aromatic carbocycles. The molecule has 1 aliphatic heterocycles. The smallest absolute Gasteiger partial charge is 0.220 e. The van der Waals surface area contributed by atoms with Crippen molar-refractivity contribution in [1.82, 2.24) is 10.6 Å². The third kappa shape index (κ3) is 4.85. The molecular weight excluding hydrogens is 252 g/mol. The van der Waals surface area contributed by atoms with Crippen LogP contribution in [-0.4, -0.2) is 32.1 Å². The Morgan fingerprint density at radius 3 is 2.85 bits per heavy atom. The summed E-state index contributed by atoms with van der Waals surface area (Å²) in [4.78, 5) is 11.8. The number of carbonyl (C=O) groups is 1. The predicted molar refractivity (Wildman–Crippen MR) is 80.0 cm³/mol. The number of rotatable bonds is 6. The van der Waals surface area contributed by atoms with E-state index in [-0.39, 0.29) is 5.91 Å². The zero-order valence-electron chi connectivity index (χ0n) is 12.2. The number of amides is 1. The first-order valence-electron chi connectivity index (χ1n) is 7.41. The molecule has 1 aromatic rings. The molecule has 0 bridgehead atoms. The molecule has 2 rings (SSSR count). The molecule has 110 valence electrons. The summed E-state index contributed by atoms with van der Waals surface area (Å²) in [5, 5.41) is 6.41. The minimum Gasteiger partial charge on any atom is -0.497 e. The van der Waals surface area contributed by atoms with Gasteiger partial charge in [0.1, 0.15) is 5.75 Å². The molecule has 1 aliphatic rings. The number of methoxy groups -OCH3 is 1. The zero-order chi connectivity index (χ0) is 14.2. The SMILES string of the molecule is COc1ccc(CCCC(=O)NC2CCCNC2)cc1. The standard InChI is InChI=1S/C16H24N2O2/c1-20-15-9-7-13(8-10-15)4-2-6-16(19)18-14-5-3-11-17-12-14/h7-10,14,17H,2-6,11-12H2,1H3,(H,18,19). The van der Waals surface area contributed by atoms with Crippen molar-refractivity contribution >= 4 is 5.91 Å². The van der Waals surface area contributed by atoms with E-state index in [1.807, 2.05) is 12.1 Å². The first kappa shape index (κ1) is 14.9. The van der Waals surface area contributed by atoms with Gasteiger partial charge in [-0.2, -0.15) is 0 Å². The lowest BCUT2D eigenvalue weighted by molar-refractivity contribution is -0.122. The fraction of sp³-hybridized carbons (Fsp3) is 0.562. The molecule has 0 spiro atoms. The number of piperidine rings is 1. The van der Waals surface area contributed by atoms with Gasteiger partial charge in [-0.15, -0.1) is 0 Å². The van der Waals surface area contributed by atoms with Crippen LogP contribution in [0.2, 0.25) is 0 Å². The molecule has 0 radical (unpaired) electrons. The van der Waals surface area contributed by atoms with Gasteiger partial charge in [0.05, 0.1) is 7.11 Å². The highest BCUT2D eigenvalue weighted by atomic mass is 16.5. The Labute approximate surface area is 120 Å². The molecule has 4 heteroatoms. The number of benzene rings is 1.